The molecule has 0 atom stereocenters. The number of thioether (sulfide) groups is 1. The lowest BCUT2D eigenvalue weighted by atomic mass is 10.1. The van der Waals surface area contributed by atoms with Crippen LogP contribution in [0.3, 0.4) is 0 Å². The van der Waals surface area contributed by atoms with Crippen molar-refractivity contribution >= 4 is 56.2 Å². The fraction of sp³-hybridized carbons (Fsp3) is 0.250. The monoisotopic (exact) mass is 478 g/mol. The molecule has 1 aliphatic heterocycles. The maximum Gasteiger partial charge on any atom is 0.266 e. The van der Waals surface area contributed by atoms with Gasteiger partial charge in [0.1, 0.15) is 10.9 Å². The van der Waals surface area contributed by atoms with Gasteiger partial charge < -0.3 is 9.47 Å². The van der Waals surface area contributed by atoms with Crippen LogP contribution < -0.4 is 9.47 Å². The van der Waals surface area contributed by atoms with Crippen LogP contribution in [0.2, 0.25) is 0 Å². The van der Waals surface area contributed by atoms with Crippen molar-refractivity contribution in [3.63, 3.8) is 0 Å². The van der Waals surface area contributed by atoms with E-state index in [1.807, 2.05) is 37.3 Å². The lowest BCUT2D eigenvalue weighted by Gasteiger charge is -2.14. The van der Waals surface area contributed by atoms with Crippen LogP contribution in [-0.4, -0.2) is 33.8 Å². The molecule has 2 aromatic rings. The van der Waals surface area contributed by atoms with Gasteiger partial charge in [-0.1, -0.05) is 30.9 Å². The first-order chi connectivity index (χ1) is 13.5. The third-order valence-electron chi connectivity index (χ3n) is 4.00. The quantitative estimate of drug-likeness (QED) is 0.410. The third kappa shape index (κ3) is 4.74. The van der Waals surface area contributed by atoms with Crippen LogP contribution in [0.15, 0.2) is 46.0 Å². The van der Waals surface area contributed by atoms with Gasteiger partial charge >= 0.3 is 0 Å². The highest BCUT2D eigenvalue weighted by Gasteiger charge is 2.31. The number of halogens is 1. The molecule has 28 heavy (non-hydrogen) atoms. The molecule has 0 bridgehead atoms. The number of pyridine rings is 1. The van der Waals surface area contributed by atoms with Crippen molar-refractivity contribution in [2.24, 2.45) is 0 Å². The van der Waals surface area contributed by atoms with E-state index >= 15 is 0 Å². The zero-order valence-corrected chi connectivity index (χ0v) is 18.7. The summed E-state index contributed by atoms with van der Waals surface area (Å²) in [5.74, 6) is 1.14. The fourth-order valence-electron chi connectivity index (χ4n) is 2.67. The largest absolute Gasteiger partial charge is 0.493 e. The minimum Gasteiger partial charge on any atom is -0.493 e. The van der Waals surface area contributed by atoms with E-state index in [-0.39, 0.29) is 5.91 Å². The third-order valence-corrected chi connectivity index (χ3v) is 5.97. The predicted octanol–water partition coefficient (Wildman–Crippen LogP) is 5.04. The lowest BCUT2D eigenvalue weighted by molar-refractivity contribution is -0.122. The zero-order chi connectivity index (χ0) is 20.1. The highest BCUT2D eigenvalue weighted by atomic mass is 79.9. The summed E-state index contributed by atoms with van der Waals surface area (Å²) in [6, 6.07) is 7.54. The summed E-state index contributed by atoms with van der Waals surface area (Å²) in [5, 5.41) is 0. The van der Waals surface area contributed by atoms with Crippen molar-refractivity contribution in [1.29, 1.82) is 0 Å². The Morgan fingerprint density at radius 2 is 2.07 bits per heavy atom. The topological polar surface area (TPSA) is 51.7 Å². The molecule has 0 N–H and O–H groups in total. The van der Waals surface area contributed by atoms with E-state index < -0.39 is 0 Å². The number of aromatic nitrogens is 1. The first kappa shape index (κ1) is 20.8. The summed E-state index contributed by atoms with van der Waals surface area (Å²) < 4.78 is 12.8. The molecule has 146 valence electrons. The van der Waals surface area contributed by atoms with Crippen LogP contribution in [0.5, 0.6) is 11.5 Å². The number of nitrogens with zero attached hydrogens (tertiary/aromatic N) is 2. The second-order valence-electron chi connectivity index (χ2n) is 6.01. The van der Waals surface area contributed by atoms with E-state index in [9.17, 15) is 4.79 Å². The Morgan fingerprint density at radius 3 is 2.75 bits per heavy atom. The van der Waals surface area contributed by atoms with Crippen LogP contribution in [0.1, 0.15) is 24.5 Å². The lowest BCUT2D eigenvalue weighted by Crippen LogP contribution is -2.28. The van der Waals surface area contributed by atoms with Gasteiger partial charge in [-0.05, 0) is 63.8 Å². The number of rotatable bonds is 7. The van der Waals surface area contributed by atoms with Crippen molar-refractivity contribution in [3.8, 4) is 11.5 Å². The molecule has 3 rings (SSSR count). The van der Waals surface area contributed by atoms with E-state index in [1.165, 1.54) is 11.8 Å². The molecular formula is C20H19BrN2O3S2. The Kier molecular flexibility index (Phi) is 7.09. The number of hydrogen-bond donors (Lipinski definition) is 0. The highest BCUT2D eigenvalue weighted by Crippen LogP contribution is 2.39. The van der Waals surface area contributed by atoms with Crippen LogP contribution in [0.4, 0.5) is 0 Å². The second kappa shape index (κ2) is 9.54. The summed E-state index contributed by atoms with van der Waals surface area (Å²) in [4.78, 5) is 18.8. The highest BCUT2D eigenvalue weighted by molar-refractivity contribution is 9.10. The Hall–Kier alpha value is -1.90. The number of ether oxygens (including phenoxy) is 2. The van der Waals surface area contributed by atoms with Gasteiger partial charge in [0.25, 0.3) is 5.91 Å². The van der Waals surface area contributed by atoms with Crippen molar-refractivity contribution < 1.29 is 14.3 Å². The number of amides is 1. The van der Waals surface area contributed by atoms with E-state index in [0.717, 1.165) is 22.0 Å². The van der Waals surface area contributed by atoms with Gasteiger partial charge in [0.2, 0.25) is 0 Å². The van der Waals surface area contributed by atoms with Crippen LogP contribution in [-0.2, 0) is 11.4 Å². The molecule has 1 aliphatic rings. The Morgan fingerprint density at radius 1 is 1.32 bits per heavy atom. The van der Waals surface area contributed by atoms with Gasteiger partial charge in [-0.25, -0.2) is 0 Å². The Bertz CT molecular complexity index is 919. The summed E-state index contributed by atoms with van der Waals surface area (Å²) in [6.07, 6.45) is 6.14. The first-order valence-electron chi connectivity index (χ1n) is 8.68. The minimum atomic E-state index is -0.0510. The molecule has 1 fully saturated rings. The summed E-state index contributed by atoms with van der Waals surface area (Å²) in [7, 11) is 1.59. The SMILES string of the molecule is CCCN1C(=O)/C(=C\c2cc(Br)c(OCc3ccncc3)c(OC)c2)SC1=S. The summed E-state index contributed by atoms with van der Waals surface area (Å²) in [6.45, 7) is 3.05. The van der Waals surface area contributed by atoms with Crippen molar-refractivity contribution in [3.05, 3.63) is 57.2 Å². The van der Waals surface area contributed by atoms with Crippen LogP contribution in [0, 0.1) is 0 Å². The minimum absolute atomic E-state index is 0.0510. The molecule has 0 unspecified atom stereocenters. The molecule has 1 aromatic carbocycles. The Labute approximate surface area is 182 Å². The molecule has 1 saturated heterocycles. The second-order valence-corrected chi connectivity index (χ2v) is 8.54. The summed E-state index contributed by atoms with van der Waals surface area (Å²) in [5.41, 5.74) is 1.84. The average Bonchev–Trinajstić information content (AvgIpc) is 2.95. The zero-order valence-electron chi connectivity index (χ0n) is 15.5. The number of thiocarbonyl (C=S) groups is 1. The van der Waals surface area contributed by atoms with E-state index in [2.05, 4.69) is 20.9 Å². The maximum atomic E-state index is 12.6. The van der Waals surface area contributed by atoms with Gasteiger partial charge in [0.05, 0.1) is 16.5 Å². The van der Waals surface area contributed by atoms with E-state index in [1.54, 1.807) is 24.4 Å². The van der Waals surface area contributed by atoms with Gasteiger partial charge in [0, 0.05) is 18.9 Å². The smallest absolute Gasteiger partial charge is 0.266 e. The average molecular weight is 479 g/mol. The molecule has 0 radical (unpaired) electrons. The first-order valence-corrected chi connectivity index (χ1v) is 10.7. The molecular weight excluding hydrogens is 460 g/mol. The van der Waals surface area contributed by atoms with Crippen LogP contribution >= 0.6 is 39.9 Å². The molecule has 0 aliphatic carbocycles. The summed E-state index contributed by atoms with van der Waals surface area (Å²) >= 11 is 10.2. The number of benzene rings is 1. The van der Waals surface area contributed by atoms with Gasteiger partial charge in [-0.2, -0.15) is 0 Å². The predicted molar refractivity (Wildman–Crippen MR) is 119 cm³/mol. The normalized spacial score (nSPS) is 15.4. The van der Waals surface area contributed by atoms with Gasteiger partial charge in [0.15, 0.2) is 11.5 Å². The number of carbonyl (C=O) groups is 1. The standard InChI is InChI=1S/C20H19BrN2O3S2/c1-3-8-23-19(24)17(28-20(23)27)11-14-9-15(21)18(16(10-14)25-2)26-12-13-4-6-22-7-5-13/h4-7,9-11H,3,8,12H2,1-2H3/b17-11+. The molecule has 5 nitrogen and oxygen atoms in total. The van der Waals surface area contributed by atoms with Gasteiger partial charge in [-0.3, -0.25) is 14.7 Å². The van der Waals surface area contributed by atoms with E-state index in [0.29, 0.717) is 33.9 Å². The van der Waals surface area contributed by atoms with Crippen LogP contribution in [0.25, 0.3) is 6.08 Å². The fourth-order valence-corrected chi connectivity index (χ4v) is 4.55. The Balaban J connectivity index is 1.83. The van der Waals surface area contributed by atoms with Gasteiger partial charge in [-0.15, -0.1) is 0 Å². The van der Waals surface area contributed by atoms with E-state index in [4.69, 9.17) is 21.7 Å². The number of carbonyl (C=O) groups excluding carboxylic acids is 1. The molecule has 8 heteroatoms. The maximum absolute atomic E-state index is 12.6. The number of methoxy groups -OCH3 is 1. The number of hydrogen-bond acceptors (Lipinski definition) is 6. The molecule has 0 spiro atoms. The molecule has 2 heterocycles. The molecule has 1 amide bonds. The molecule has 0 saturated carbocycles. The van der Waals surface area contributed by atoms with Crippen molar-refractivity contribution in [2.75, 3.05) is 13.7 Å². The van der Waals surface area contributed by atoms with Crippen molar-refractivity contribution in [2.45, 2.75) is 20.0 Å². The van der Waals surface area contributed by atoms with Crippen molar-refractivity contribution in [1.82, 2.24) is 9.88 Å². The molecule has 1 aromatic heterocycles.